The molecule has 1 N–H and O–H groups in total. The number of nitrogens with zero attached hydrogens (tertiary/aromatic N) is 2. The van der Waals surface area contributed by atoms with Crippen LogP contribution in [0.1, 0.15) is 49.7 Å². The summed E-state index contributed by atoms with van der Waals surface area (Å²) in [7, 11) is 0. The summed E-state index contributed by atoms with van der Waals surface area (Å²) in [4.78, 5) is 25.8. The van der Waals surface area contributed by atoms with E-state index in [0.717, 1.165) is 0 Å². The normalized spacial score (nSPS) is 12.5. The summed E-state index contributed by atoms with van der Waals surface area (Å²) < 4.78 is 1.42. The second kappa shape index (κ2) is 9.03. The van der Waals surface area contributed by atoms with Crippen molar-refractivity contribution in [1.82, 2.24) is 15.1 Å². The van der Waals surface area contributed by atoms with Gasteiger partial charge in [-0.25, -0.2) is 4.68 Å². The van der Waals surface area contributed by atoms with Crippen molar-refractivity contribution in [3.8, 4) is 0 Å². The molecule has 2 aromatic carbocycles. The number of benzene rings is 2. The third kappa shape index (κ3) is 4.73. The smallest absolute Gasteiger partial charge is 0.274 e. The van der Waals surface area contributed by atoms with E-state index in [1.807, 2.05) is 44.2 Å². The summed E-state index contributed by atoms with van der Waals surface area (Å²) >= 11 is 0. The van der Waals surface area contributed by atoms with Gasteiger partial charge in [0.15, 0.2) is 5.69 Å². The van der Waals surface area contributed by atoms with Gasteiger partial charge in [-0.15, -0.1) is 0 Å². The minimum Gasteiger partial charge on any atom is -0.350 e. The van der Waals surface area contributed by atoms with Gasteiger partial charge in [0, 0.05) is 24.4 Å². The first-order valence-electron chi connectivity index (χ1n) is 10.2. The van der Waals surface area contributed by atoms with Gasteiger partial charge in [-0.2, -0.15) is 5.10 Å². The molecule has 0 spiro atoms. The van der Waals surface area contributed by atoms with E-state index in [2.05, 4.69) is 36.4 Å². The minimum absolute atomic E-state index is 0.157. The summed E-state index contributed by atoms with van der Waals surface area (Å²) in [5.74, 6) is 0.575. The van der Waals surface area contributed by atoms with Crippen LogP contribution in [0.2, 0.25) is 0 Å². The predicted octanol–water partition coefficient (Wildman–Crippen LogP) is 4.22. The Labute approximate surface area is 171 Å². The Balaban J connectivity index is 1.92. The Morgan fingerprint density at radius 1 is 0.966 bits per heavy atom. The highest BCUT2D eigenvalue weighted by Gasteiger charge is 2.20. The molecular weight excluding hydrogens is 362 g/mol. The van der Waals surface area contributed by atoms with Crippen LogP contribution in [0.3, 0.4) is 0 Å². The summed E-state index contributed by atoms with van der Waals surface area (Å²) in [6.07, 6.45) is 0. The van der Waals surface area contributed by atoms with Gasteiger partial charge in [0.05, 0.1) is 5.39 Å². The fourth-order valence-corrected chi connectivity index (χ4v) is 3.60. The second-order valence-electron chi connectivity index (χ2n) is 8.25. The van der Waals surface area contributed by atoms with Crippen LogP contribution < -0.4 is 10.9 Å². The molecule has 3 rings (SSSR count). The lowest BCUT2D eigenvalue weighted by molar-refractivity contribution is 0.0943. The topological polar surface area (TPSA) is 64.0 Å². The Bertz CT molecular complexity index is 1040. The van der Waals surface area contributed by atoms with Crippen LogP contribution in [-0.4, -0.2) is 22.2 Å². The molecule has 5 heteroatoms. The van der Waals surface area contributed by atoms with Crippen LogP contribution in [0.15, 0.2) is 59.4 Å². The van der Waals surface area contributed by atoms with Gasteiger partial charge in [0.25, 0.3) is 11.5 Å². The SMILES string of the molecule is CC(C)Cn1nc(C(=O)NCC(c2ccccc2)C(C)C)c2ccccc2c1=O. The maximum atomic E-state index is 13.1. The largest absolute Gasteiger partial charge is 0.350 e. The van der Waals surface area contributed by atoms with Gasteiger partial charge in [-0.3, -0.25) is 9.59 Å². The van der Waals surface area contributed by atoms with E-state index in [9.17, 15) is 9.59 Å². The van der Waals surface area contributed by atoms with Gasteiger partial charge in [-0.05, 0) is 23.5 Å². The van der Waals surface area contributed by atoms with Crippen molar-refractivity contribution in [3.05, 3.63) is 76.2 Å². The summed E-state index contributed by atoms with van der Waals surface area (Å²) in [6, 6.07) is 17.4. The van der Waals surface area contributed by atoms with Crippen LogP contribution in [-0.2, 0) is 6.54 Å². The average molecular weight is 392 g/mol. The molecule has 0 fully saturated rings. The zero-order chi connectivity index (χ0) is 21.0. The number of hydrogen-bond donors (Lipinski definition) is 1. The van der Waals surface area contributed by atoms with Crippen LogP contribution in [0.25, 0.3) is 10.8 Å². The molecule has 0 aliphatic rings. The molecule has 0 saturated heterocycles. The zero-order valence-electron chi connectivity index (χ0n) is 17.6. The van der Waals surface area contributed by atoms with E-state index >= 15 is 0 Å². The number of fused-ring (bicyclic) bond motifs is 1. The van der Waals surface area contributed by atoms with E-state index in [1.165, 1.54) is 10.2 Å². The van der Waals surface area contributed by atoms with E-state index in [1.54, 1.807) is 12.1 Å². The van der Waals surface area contributed by atoms with E-state index in [4.69, 9.17) is 0 Å². The molecule has 0 aliphatic heterocycles. The highest BCUT2D eigenvalue weighted by molar-refractivity contribution is 6.04. The maximum absolute atomic E-state index is 13.1. The number of amides is 1. The van der Waals surface area contributed by atoms with Crippen molar-refractivity contribution in [2.75, 3.05) is 6.54 Å². The summed E-state index contributed by atoms with van der Waals surface area (Å²) in [5.41, 5.74) is 1.34. The van der Waals surface area contributed by atoms with Crippen LogP contribution >= 0.6 is 0 Å². The minimum atomic E-state index is -0.250. The van der Waals surface area contributed by atoms with Crippen molar-refractivity contribution in [2.45, 2.75) is 40.2 Å². The van der Waals surface area contributed by atoms with Gasteiger partial charge < -0.3 is 5.32 Å². The molecule has 1 aromatic heterocycles. The monoisotopic (exact) mass is 391 g/mol. The molecule has 0 saturated carbocycles. The highest BCUT2D eigenvalue weighted by atomic mass is 16.2. The molecule has 5 nitrogen and oxygen atoms in total. The number of rotatable bonds is 7. The summed E-state index contributed by atoms with van der Waals surface area (Å²) in [6.45, 7) is 9.34. The molecule has 152 valence electrons. The predicted molar refractivity (Wildman–Crippen MR) is 117 cm³/mol. The van der Waals surface area contributed by atoms with Crippen molar-refractivity contribution >= 4 is 16.7 Å². The fourth-order valence-electron chi connectivity index (χ4n) is 3.60. The molecular formula is C24H29N3O2. The average Bonchev–Trinajstić information content (AvgIpc) is 2.70. The van der Waals surface area contributed by atoms with Gasteiger partial charge in [0.2, 0.25) is 0 Å². The highest BCUT2D eigenvalue weighted by Crippen LogP contribution is 2.23. The quantitative estimate of drug-likeness (QED) is 0.656. The molecule has 1 heterocycles. The molecule has 3 aromatic rings. The number of carbonyl (C=O) groups excluding carboxylic acids is 1. The summed E-state index contributed by atoms with van der Waals surface area (Å²) in [5, 5.41) is 8.60. The van der Waals surface area contributed by atoms with Crippen molar-refractivity contribution in [1.29, 1.82) is 0 Å². The third-order valence-electron chi connectivity index (χ3n) is 5.14. The first-order valence-corrected chi connectivity index (χ1v) is 10.2. The number of nitrogens with one attached hydrogen (secondary N) is 1. The fraction of sp³-hybridized carbons (Fsp3) is 0.375. The number of carbonyl (C=O) groups is 1. The Morgan fingerprint density at radius 2 is 1.59 bits per heavy atom. The van der Waals surface area contributed by atoms with E-state index < -0.39 is 0 Å². The number of aromatic nitrogens is 2. The molecule has 0 aliphatic carbocycles. The third-order valence-corrected chi connectivity index (χ3v) is 5.14. The van der Waals surface area contributed by atoms with Crippen LogP contribution in [0.5, 0.6) is 0 Å². The lowest BCUT2D eigenvalue weighted by Crippen LogP contribution is -2.34. The molecule has 29 heavy (non-hydrogen) atoms. The van der Waals surface area contributed by atoms with Crippen molar-refractivity contribution in [2.24, 2.45) is 11.8 Å². The Hall–Kier alpha value is -2.95. The van der Waals surface area contributed by atoms with Crippen molar-refractivity contribution < 1.29 is 4.79 Å². The molecule has 1 amide bonds. The molecule has 0 bridgehead atoms. The first-order chi connectivity index (χ1) is 13.9. The van der Waals surface area contributed by atoms with Gasteiger partial charge >= 0.3 is 0 Å². The zero-order valence-corrected chi connectivity index (χ0v) is 17.6. The molecule has 1 unspecified atom stereocenters. The van der Waals surface area contributed by atoms with Gasteiger partial charge in [0.1, 0.15) is 0 Å². The lowest BCUT2D eigenvalue weighted by Gasteiger charge is -2.22. The Morgan fingerprint density at radius 3 is 2.21 bits per heavy atom. The van der Waals surface area contributed by atoms with Crippen molar-refractivity contribution in [3.63, 3.8) is 0 Å². The molecule has 1 atom stereocenters. The van der Waals surface area contributed by atoms with Crippen LogP contribution in [0.4, 0.5) is 0 Å². The van der Waals surface area contributed by atoms with Gasteiger partial charge in [-0.1, -0.05) is 76.2 Å². The number of hydrogen-bond acceptors (Lipinski definition) is 3. The standard InChI is InChI=1S/C24H29N3O2/c1-16(2)15-27-24(29)20-13-9-8-12-19(20)22(26-27)23(28)25-14-21(17(3)4)18-10-6-5-7-11-18/h5-13,16-17,21H,14-15H2,1-4H3,(H,25,28). The lowest BCUT2D eigenvalue weighted by atomic mass is 9.88. The van der Waals surface area contributed by atoms with Crippen LogP contribution in [0, 0.1) is 11.8 Å². The maximum Gasteiger partial charge on any atom is 0.274 e. The van der Waals surface area contributed by atoms with E-state index in [-0.39, 0.29) is 23.3 Å². The Kier molecular flexibility index (Phi) is 6.47. The molecule has 0 radical (unpaired) electrons. The first kappa shape index (κ1) is 20.8. The second-order valence-corrected chi connectivity index (χ2v) is 8.25. The van der Waals surface area contributed by atoms with E-state index in [0.29, 0.717) is 35.5 Å².